The van der Waals surface area contributed by atoms with Gasteiger partial charge in [-0.3, -0.25) is 4.79 Å². The van der Waals surface area contributed by atoms with Crippen molar-refractivity contribution >= 4 is 17.6 Å². The molecule has 0 aliphatic carbocycles. The Morgan fingerprint density at radius 1 is 1.16 bits per heavy atom. The Bertz CT molecular complexity index is 634. The normalized spacial score (nSPS) is 16.9. The van der Waals surface area contributed by atoms with Crippen LogP contribution in [0.3, 0.4) is 0 Å². The van der Waals surface area contributed by atoms with Crippen molar-refractivity contribution in [2.24, 2.45) is 0 Å². The zero-order valence-corrected chi connectivity index (χ0v) is 11.0. The zero-order chi connectivity index (χ0) is 13.4. The van der Waals surface area contributed by atoms with E-state index >= 15 is 0 Å². The van der Waals surface area contributed by atoms with Gasteiger partial charge >= 0.3 is 5.97 Å². The first-order chi connectivity index (χ1) is 9.19. The molecule has 3 rings (SSSR count). The van der Waals surface area contributed by atoms with Gasteiger partial charge in [0.1, 0.15) is 17.4 Å². The molecule has 19 heavy (non-hydrogen) atoms. The monoisotopic (exact) mass is 274 g/mol. The maximum Gasteiger partial charge on any atom is 0.323 e. The standard InChI is InChI=1S/C15H11ClO3/c1-18-11-6-7-13-12(8-11)14(15(17)19-13)9-2-4-10(16)5-3-9/h2-8,14H,1H3. The van der Waals surface area contributed by atoms with Gasteiger partial charge in [-0.1, -0.05) is 23.7 Å². The van der Waals surface area contributed by atoms with Gasteiger partial charge in [0, 0.05) is 10.6 Å². The van der Waals surface area contributed by atoms with Crippen molar-refractivity contribution in [2.75, 3.05) is 7.11 Å². The van der Waals surface area contributed by atoms with Crippen molar-refractivity contribution in [2.45, 2.75) is 5.92 Å². The van der Waals surface area contributed by atoms with Crippen molar-refractivity contribution in [1.82, 2.24) is 0 Å². The van der Waals surface area contributed by atoms with E-state index in [1.807, 2.05) is 18.2 Å². The molecule has 0 amide bonds. The summed E-state index contributed by atoms with van der Waals surface area (Å²) < 4.78 is 10.5. The summed E-state index contributed by atoms with van der Waals surface area (Å²) in [6.45, 7) is 0. The number of halogens is 1. The molecule has 0 saturated heterocycles. The van der Waals surface area contributed by atoms with Crippen molar-refractivity contribution < 1.29 is 14.3 Å². The summed E-state index contributed by atoms with van der Waals surface area (Å²) >= 11 is 5.87. The Labute approximate surface area is 115 Å². The molecule has 0 spiro atoms. The van der Waals surface area contributed by atoms with Gasteiger partial charge in [0.15, 0.2) is 0 Å². The number of esters is 1. The summed E-state index contributed by atoms with van der Waals surface area (Å²) in [7, 11) is 1.59. The van der Waals surface area contributed by atoms with Crippen molar-refractivity contribution in [3.8, 4) is 11.5 Å². The smallest absolute Gasteiger partial charge is 0.323 e. The fourth-order valence-corrected chi connectivity index (χ4v) is 2.36. The molecule has 1 atom stereocenters. The Balaban J connectivity index is 2.08. The lowest BCUT2D eigenvalue weighted by atomic mass is 9.92. The van der Waals surface area contributed by atoms with Gasteiger partial charge in [0.2, 0.25) is 0 Å². The van der Waals surface area contributed by atoms with E-state index in [1.54, 1.807) is 31.4 Å². The minimum atomic E-state index is -0.414. The molecule has 1 heterocycles. The Morgan fingerprint density at radius 3 is 2.58 bits per heavy atom. The SMILES string of the molecule is COc1ccc2c(c1)C(c1ccc(Cl)cc1)C(=O)O2. The molecule has 4 heteroatoms. The number of hydrogen-bond donors (Lipinski definition) is 0. The summed E-state index contributed by atoms with van der Waals surface area (Å²) in [5, 5.41) is 0.640. The Morgan fingerprint density at radius 2 is 1.89 bits per heavy atom. The van der Waals surface area contributed by atoms with Crippen LogP contribution in [0.15, 0.2) is 42.5 Å². The fraction of sp³-hybridized carbons (Fsp3) is 0.133. The first-order valence-corrected chi connectivity index (χ1v) is 6.22. The third kappa shape index (κ3) is 2.06. The quantitative estimate of drug-likeness (QED) is 0.622. The highest BCUT2D eigenvalue weighted by atomic mass is 35.5. The molecule has 0 radical (unpaired) electrons. The minimum absolute atomic E-state index is 0.273. The van der Waals surface area contributed by atoms with E-state index in [9.17, 15) is 4.79 Å². The lowest BCUT2D eigenvalue weighted by Crippen LogP contribution is -2.11. The van der Waals surface area contributed by atoms with Crippen LogP contribution in [0.5, 0.6) is 11.5 Å². The van der Waals surface area contributed by atoms with E-state index in [-0.39, 0.29) is 5.97 Å². The molecule has 0 N–H and O–H groups in total. The van der Waals surface area contributed by atoms with Gasteiger partial charge in [-0.05, 0) is 35.9 Å². The van der Waals surface area contributed by atoms with Gasteiger partial charge in [0.05, 0.1) is 7.11 Å². The van der Waals surface area contributed by atoms with Crippen LogP contribution in [0.1, 0.15) is 17.0 Å². The van der Waals surface area contributed by atoms with Gasteiger partial charge in [-0.25, -0.2) is 0 Å². The van der Waals surface area contributed by atoms with E-state index < -0.39 is 5.92 Å². The first kappa shape index (κ1) is 12.1. The number of methoxy groups -OCH3 is 1. The van der Waals surface area contributed by atoms with E-state index in [2.05, 4.69) is 0 Å². The fourth-order valence-electron chi connectivity index (χ4n) is 2.24. The molecule has 1 aliphatic rings. The van der Waals surface area contributed by atoms with Crippen LogP contribution in [0.4, 0.5) is 0 Å². The number of ether oxygens (including phenoxy) is 2. The second-order valence-corrected chi connectivity index (χ2v) is 4.75. The van der Waals surface area contributed by atoms with Crippen LogP contribution in [0.25, 0.3) is 0 Å². The number of rotatable bonds is 2. The second-order valence-electron chi connectivity index (χ2n) is 4.31. The average molecular weight is 275 g/mol. The third-order valence-electron chi connectivity index (χ3n) is 3.18. The topological polar surface area (TPSA) is 35.5 Å². The zero-order valence-electron chi connectivity index (χ0n) is 10.2. The molecule has 2 aromatic carbocycles. The molecular formula is C15H11ClO3. The Kier molecular flexibility index (Phi) is 2.91. The molecule has 0 aromatic heterocycles. The molecule has 0 fully saturated rings. The van der Waals surface area contributed by atoms with Crippen LogP contribution in [0.2, 0.25) is 5.02 Å². The van der Waals surface area contributed by atoms with Crippen LogP contribution < -0.4 is 9.47 Å². The molecule has 3 nitrogen and oxygen atoms in total. The van der Waals surface area contributed by atoms with Gasteiger partial charge in [0.25, 0.3) is 0 Å². The van der Waals surface area contributed by atoms with Gasteiger partial charge in [-0.15, -0.1) is 0 Å². The molecular weight excluding hydrogens is 264 g/mol. The highest BCUT2D eigenvalue weighted by molar-refractivity contribution is 6.30. The molecule has 0 saturated carbocycles. The average Bonchev–Trinajstić information content (AvgIpc) is 2.75. The minimum Gasteiger partial charge on any atom is -0.497 e. The first-order valence-electron chi connectivity index (χ1n) is 5.84. The summed E-state index contributed by atoms with van der Waals surface area (Å²) in [4.78, 5) is 12.0. The number of carbonyl (C=O) groups excluding carboxylic acids is 1. The molecule has 1 unspecified atom stereocenters. The van der Waals surface area contributed by atoms with Crippen molar-refractivity contribution in [3.05, 3.63) is 58.6 Å². The highest BCUT2D eigenvalue weighted by Crippen LogP contribution is 2.41. The van der Waals surface area contributed by atoms with Gasteiger partial charge in [-0.2, -0.15) is 0 Å². The number of benzene rings is 2. The summed E-state index contributed by atoms with van der Waals surface area (Å²) in [5.41, 5.74) is 1.69. The third-order valence-corrected chi connectivity index (χ3v) is 3.43. The van der Waals surface area contributed by atoms with Gasteiger partial charge < -0.3 is 9.47 Å². The molecule has 96 valence electrons. The van der Waals surface area contributed by atoms with Crippen LogP contribution in [-0.2, 0) is 4.79 Å². The predicted octanol–water partition coefficient (Wildman–Crippen LogP) is 3.40. The summed E-state index contributed by atoms with van der Waals surface area (Å²) in [6, 6.07) is 12.6. The largest absolute Gasteiger partial charge is 0.497 e. The second kappa shape index (κ2) is 4.59. The van der Waals surface area contributed by atoms with Crippen LogP contribution in [0, 0.1) is 0 Å². The molecule has 2 aromatic rings. The van der Waals surface area contributed by atoms with E-state index in [0.717, 1.165) is 11.1 Å². The lowest BCUT2D eigenvalue weighted by Gasteiger charge is -2.08. The van der Waals surface area contributed by atoms with E-state index in [4.69, 9.17) is 21.1 Å². The number of fused-ring (bicyclic) bond motifs is 1. The van der Waals surface area contributed by atoms with E-state index in [1.165, 1.54) is 0 Å². The maximum absolute atomic E-state index is 12.0. The summed E-state index contributed by atoms with van der Waals surface area (Å²) in [6.07, 6.45) is 0. The highest BCUT2D eigenvalue weighted by Gasteiger charge is 2.34. The lowest BCUT2D eigenvalue weighted by molar-refractivity contribution is -0.133. The maximum atomic E-state index is 12.0. The van der Waals surface area contributed by atoms with Crippen LogP contribution in [-0.4, -0.2) is 13.1 Å². The predicted molar refractivity (Wildman–Crippen MR) is 71.9 cm³/mol. The van der Waals surface area contributed by atoms with E-state index in [0.29, 0.717) is 16.5 Å². The van der Waals surface area contributed by atoms with Crippen molar-refractivity contribution in [3.63, 3.8) is 0 Å². The van der Waals surface area contributed by atoms with Crippen LogP contribution >= 0.6 is 11.6 Å². The summed E-state index contributed by atoms with van der Waals surface area (Å²) in [5.74, 6) is 0.606. The molecule has 0 bridgehead atoms. The number of carbonyl (C=O) groups is 1. The number of hydrogen-bond acceptors (Lipinski definition) is 3. The Hall–Kier alpha value is -2.00. The molecule has 1 aliphatic heterocycles. The van der Waals surface area contributed by atoms with Crippen molar-refractivity contribution in [1.29, 1.82) is 0 Å².